The average Bonchev–Trinajstić information content (AvgIpc) is 2.97. The van der Waals surface area contributed by atoms with Crippen molar-refractivity contribution < 1.29 is 18.7 Å². The van der Waals surface area contributed by atoms with Crippen LogP contribution in [0.1, 0.15) is 52.0 Å². The SMILES string of the molecule is O=C1NCCN(Cc2cccnc2)CCCC2(CCN(C(=O)c3cncc(F)c3)CC2)COc2ccccc21. The van der Waals surface area contributed by atoms with E-state index in [1.54, 1.807) is 17.2 Å². The van der Waals surface area contributed by atoms with Gasteiger partial charge in [-0.2, -0.15) is 0 Å². The fourth-order valence-electron chi connectivity index (χ4n) is 5.49. The Morgan fingerprint density at radius 1 is 1.00 bits per heavy atom. The van der Waals surface area contributed by atoms with Crippen LogP contribution < -0.4 is 10.1 Å². The summed E-state index contributed by atoms with van der Waals surface area (Å²) in [5, 5.41) is 3.05. The summed E-state index contributed by atoms with van der Waals surface area (Å²) in [7, 11) is 0. The molecule has 1 N–H and O–H groups in total. The molecule has 0 atom stereocenters. The van der Waals surface area contributed by atoms with E-state index in [-0.39, 0.29) is 22.8 Å². The molecule has 2 aliphatic rings. The molecule has 2 amide bonds. The Kier molecular flexibility index (Phi) is 8.46. The van der Waals surface area contributed by atoms with Crippen molar-refractivity contribution in [2.75, 3.05) is 39.3 Å². The first-order valence-electron chi connectivity index (χ1n) is 13.5. The van der Waals surface area contributed by atoms with Gasteiger partial charge in [0.25, 0.3) is 11.8 Å². The van der Waals surface area contributed by atoms with E-state index in [0.29, 0.717) is 37.6 Å². The summed E-state index contributed by atoms with van der Waals surface area (Å²) in [4.78, 5) is 38.2. The fraction of sp³-hybridized carbons (Fsp3) is 0.400. The average molecular weight is 532 g/mol. The number of nitrogens with zero attached hydrogens (tertiary/aromatic N) is 4. The third kappa shape index (κ3) is 6.78. The molecule has 2 aromatic heterocycles. The van der Waals surface area contributed by atoms with Gasteiger partial charge >= 0.3 is 0 Å². The summed E-state index contributed by atoms with van der Waals surface area (Å²) in [6.07, 6.45) is 9.58. The number of hydrogen-bond donors (Lipinski definition) is 1. The highest BCUT2D eigenvalue weighted by atomic mass is 19.1. The van der Waals surface area contributed by atoms with Crippen LogP contribution in [0.5, 0.6) is 5.75 Å². The molecule has 4 heterocycles. The van der Waals surface area contributed by atoms with Crippen molar-refractivity contribution in [3.63, 3.8) is 0 Å². The lowest BCUT2D eigenvalue weighted by Crippen LogP contribution is -2.46. The number of ether oxygens (including phenoxy) is 1. The van der Waals surface area contributed by atoms with Crippen LogP contribution in [-0.2, 0) is 6.54 Å². The van der Waals surface area contributed by atoms with E-state index in [4.69, 9.17) is 4.74 Å². The van der Waals surface area contributed by atoms with Crippen LogP contribution in [0.25, 0.3) is 0 Å². The molecule has 3 aromatic rings. The van der Waals surface area contributed by atoms with Crippen molar-refractivity contribution in [1.82, 2.24) is 25.1 Å². The molecule has 0 aliphatic carbocycles. The molecule has 8 nitrogen and oxygen atoms in total. The number of hydrogen-bond acceptors (Lipinski definition) is 6. The van der Waals surface area contributed by atoms with Gasteiger partial charge in [0.2, 0.25) is 0 Å². The monoisotopic (exact) mass is 531 g/mol. The number of likely N-dealkylation sites (tertiary alicyclic amines) is 1. The van der Waals surface area contributed by atoms with Crippen LogP contribution in [0.3, 0.4) is 0 Å². The Bertz CT molecular complexity index is 1280. The van der Waals surface area contributed by atoms with E-state index >= 15 is 0 Å². The first-order valence-corrected chi connectivity index (χ1v) is 13.5. The minimum absolute atomic E-state index is 0.144. The summed E-state index contributed by atoms with van der Waals surface area (Å²) in [6, 6.07) is 12.6. The number of benzene rings is 1. The van der Waals surface area contributed by atoms with E-state index in [9.17, 15) is 14.0 Å². The topological polar surface area (TPSA) is 87.7 Å². The summed E-state index contributed by atoms with van der Waals surface area (Å²) >= 11 is 0. The highest BCUT2D eigenvalue weighted by Gasteiger charge is 2.37. The van der Waals surface area contributed by atoms with Crippen molar-refractivity contribution >= 4 is 11.8 Å². The minimum Gasteiger partial charge on any atom is -0.492 e. The van der Waals surface area contributed by atoms with Gasteiger partial charge in [-0.3, -0.25) is 24.5 Å². The zero-order chi connectivity index (χ0) is 27.1. The Hall–Kier alpha value is -3.85. The van der Waals surface area contributed by atoms with Gasteiger partial charge in [0.15, 0.2) is 0 Å². The number of para-hydroxylation sites is 1. The van der Waals surface area contributed by atoms with Crippen LogP contribution in [0.2, 0.25) is 0 Å². The zero-order valence-electron chi connectivity index (χ0n) is 22.0. The summed E-state index contributed by atoms with van der Waals surface area (Å²) in [5.41, 5.74) is 1.78. The largest absolute Gasteiger partial charge is 0.492 e. The van der Waals surface area contributed by atoms with E-state index in [0.717, 1.165) is 57.1 Å². The third-order valence-corrected chi connectivity index (χ3v) is 7.75. The van der Waals surface area contributed by atoms with Crippen molar-refractivity contribution in [1.29, 1.82) is 0 Å². The maximum absolute atomic E-state index is 13.7. The lowest BCUT2D eigenvalue weighted by Gasteiger charge is -2.42. The maximum Gasteiger partial charge on any atom is 0.255 e. The molecular formula is C30H34FN5O3. The van der Waals surface area contributed by atoms with E-state index in [1.807, 2.05) is 30.5 Å². The van der Waals surface area contributed by atoms with Gasteiger partial charge in [0.05, 0.1) is 23.9 Å². The van der Waals surface area contributed by atoms with E-state index in [2.05, 4.69) is 26.3 Å². The smallest absolute Gasteiger partial charge is 0.255 e. The third-order valence-electron chi connectivity index (χ3n) is 7.75. The van der Waals surface area contributed by atoms with Crippen LogP contribution >= 0.6 is 0 Å². The van der Waals surface area contributed by atoms with Crippen molar-refractivity contribution in [2.24, 2.45) is 5.41 Å². The van der Waals surface area contributed by atoms with Gasteiger partial charge in [0, 0.05) is 56.7 Å². The molecule has 9 heteroatoms. The van der Waals surface area contributed by atoms with Crippen LogP contribution in [0, 0.1) is 11.2 Å². The quantitative estimate of drug-likeness (QED) is 0.551. The number of nitrogens with one attached hydrogen (secondary N) is 1. The molecule has 1 fully saturated rings. The highest BCUT2D eigenvalue weighted by Crippen LogP contribution is 2.38. The van der Waals surface area contributed by atoms with Crippen molar-refractivity contribution in [2.45, 2.75) is 32.2 Å². The number of fused-ring (bicyclic) bond motifs is 1. The van der Waals surface area contributed by atoms with E-state index in [1.165, 1.54) is 12.3 Å². The molecule has 0 radical (unpaired) electrons. The molecule has 0 bridgehead atoms. The number of piperidine rings is 1. The number of pyridine rings is 2. The Morgan fingerprint density at radius 2 is 1.85 bits per heavy atom. The van der Waals surface area contributed by atoms with Gasteiger partial charge in [-0.05, 0) is 62.1 Å². The minimum atomic E-state index is -0.517. The molecule has 2 aliphatic heterocycles. The maximum atomic E-state index is 13.7. The van der Waals surface area contributed by atoms with Gasteiger partial charge in [0.1, 0.15) is 11.6 Å². The highest BCUT2D eigenvalue weighted by molar-refractivity contribution is 5.97. The van der Waals surface area contributed by atoms with Crippen molar-refractivity contribution in [3.05, 3.63) is 89.8 Å². The van der Waals surface area contributed by atoms with Crippen LogP contribution in [-0.4, -0.2) is 70.9 Å². The molecule has 1 spiro atoms. The predicted molar refractivity (Wildman–Crippen MR) is 145 cm³/mol. The normalized spacial score (nSPS) is 18.6. The molecule has 0 saturated carbocycles. The zero-order valence-corrected chi connectivity index (χ0v) is 22.0. The van der Waals surface area contributed by atoms with Gasteiger partial charge in [-0.25, -0.2) is 4.39 Å². The fourth-order valence-corrected chi connectivity index (χ4v) is 5.49. The predicted octanol–water partition coefficient (Wildman–Crippen LogP) is 3.94. The standard InChI is InChI=1S/C30H34FN5O3/c31-25-17-24(19-33-20-25)29(38)36-14-9-30(10-15-36)8-4-13-35(21-23-5-3-11-32-18-23)16-12-34-28(37)26-6-1-2-7-27(26)39-22-30/h1-3,5-7,11,17-20H,4,8-10,12-16,21-22H2,(H,34,37). The number of amides is 2. The number of carbonyl (C=O) groups excluding carboxylic acids is 2. The van der Waals surface area contributed by atoms with Crippen LogP contribution in [0.15, 0.2) is 67.3 Å². The molecule has 1 aromatic carbocycles. The Morgan fingerprint density at radius 3 is 2.64 bits per heavy atom. The summed E-state index contributed by atoms with van der Waals surface area (Å²) in [5.74, 6) is -0.293. The second-order valence-corrected chi connectivity index (χ2v) is 10.5. The summed E-state index contributed by atoms with van der Waals surface area (Å²) < 4.78 is 20.0. The molecule has 0 unspecified atom stereocenters. The first kappa shape index (κ1) is 26.7. The molecular weight excluding hydrogens is 497 g/mol. The Labute approximate surface area is 228 Å². The number of carbonyl (C=O) groups is 2. The summed E-state index contributed by atoms with van der Waals surface area (Å²) in [6.45, 7) is 4.46. The number of halogens is 1. The number of aromatic nitrogens is 2. The molecule has 5 rings (SSSR count). The van der Waals surface area contributed by atoms with Gasteiger partial charge in [-0.15, -0.1) is 0 Å². The van der Waals surface area contributed by atoms with Gasteiger partial charge < -0.3 is 15.0 Å². The molecule has 1 saturated heterocycles. The lowest BCUT2D eigenvalue weighted by atomic mass is 9.75. The Balaban J connectivity index is 1.33. The second-order valence-electron chi connectivity index (χ2n) is 10.5. The van der Waals surface area contributed by atoms with E-state index < -0.39 is 5.82 Å². The molecule has 39 heavy (non-hydrogen) atoms. The van der Waals surface area contributed by atoms with Crippen molar-refractivity contribution in [3.8, 4) is 5.75 Å². The second kappa shape index (κ2) is 12.3. The lowest BCUT2D eigenvalue weighted by molar-refractivity contribution is 0.0348. The molecule has 204 valence electrons. The van der Waals surface area contributed by atoms with Gasteiger partial charge in [-0.1, -0.05) is 18.2 Å². The number of rotatable bonds is 3. The first-order chi connectivity index (χ1) is 19.0. The van der Waals surface area contributed by atoms with Crippen LogP contribution in [0.4, 0.5) is 4.39 Å².